The molecule has 3 nitrogen and oxygen atoms in total. The molecule has 1 aromatic heterocycles. The standard InChI is InChI=1S/C18H23N3/c1-17(2)8-13-9-18(3,10-17)11-21(13)16-14-6-4-5-7-15(14)19-12-20-16/h4-7,12-13H,8-11H2,1-3H3/t13-,18+/m1/s1. The van der Waals surface area contributed by atoms with E-state index >= 15 is 0 Å². The van der Waals surface area contributed by atoms with Gasteiger partial charge in [-0.2, -0.15) is 0 Å². The molecule has 2 atom stereocenters. The number of benzene rings is 1. The Bertz CT molecular complexity index is 688. The molecular formula is C18H23N3. The fourth-order valence-corrected chi connectivity index (χ4v) is 4.93. The van der Waals surface area contributed by atoms with Crippen LogP contribution < -0.4 is 4.90 Å². The predicted molar refractivity (Wildman–Crippen MR) is 86.4 cm³/mol. The fourth-order valence-electron chi connectivity index (χ4n) is 4.93. The molecule has 1 aliphatic heterocycles. The van der Waals surface area contributed by atoms with E-state index in [1.54, 1.807) is 6.33 Å². The predicted octanol–water partition coefficient (Wildman–Crippen LogP) is 4.03. The van der Waals surface area contributed by atoms with Crippen molar-refractivity contribution < 1.29 is 0 Å². The van der Waals surface area contributed by atoms with Crippen LogP contribution >= 0.6 is 0 Å². The van der Waals surface area contributed by atoms with Crippen LogP contribution in [0, 0.1) is 10.8 Å². The smallest absolute Gasteiger partial charge is 0.140 e. The van der Waals surface area contributed by atoms with Gasteiger partial charge in [0, 0.05) is 18.0 Å². The first-order valence-corrected chi connectivity index (χ1v) is 7.92. The summed E-state index contributed by atoms with van der Waals surface area (Å²) in [5.41, 5.74) is 1.92. The summed E-state index contributed by atoms with van der Waals surface area (Å²) in [6, 6.07) is 8.99. The molecule has 0 amide bonds. The van der Waals surface area contributed by atoms with Crippen molar-refractivity contribution in [3.63, 3.8) is 0 Å². The molecule has 1 saturated carbocycles. The minimum Gasteiger partial charge on any atom is -0.352 e. The molecule has 2 bridgehead atoms. The zero-order valence-electron chi connectivity index (χ0n) is 13.1. The van der Waals surface area contributed by atoms with E-state index in [-0.39, 0.29) is 0 Å². The Labute approximate surface area is 126 Å². The average Bonchev–Trinajstić information content (AvgIpc) is 2.67. The highest BCUT2D eigenvalue weighted by Gasteiger charge is 2.50. The normalized spacial score (nSPS) is 30.8. The van der Waals surface area contributed by atoms with Gasteiger partial charge in [-0.15, -0.1) is 0 Å². The second-order valence-electron chi connectivity index (χ2n) is 8.06. The molecule has 2 heterocycles. The SMILES string of the molecule is CC1(C)C[C@@H]2C[C@](C)(CN2c2ncnc3ccccc23)C1. The summed E-state index contributed by atoms with van der Waals surface area (Å²) < 4.78 is 0. The van der Waals surface area contributed by atoms with Gasteiger partial charge in [0.15, 0.2) is 0 Å². The zero-order valence-corrected chi connectivity index (χ0v) is 13.1. The molecule has 0 radical (unpaired) electrons. The molecule has 2 aliphatic rings. The first kappa shape index (κ1) is 13.1. The second kappa shape index (κ2) is 4.19. The Morgan fingerprint density at radius 1 is 1.10 bits per heavy atom. The number of anilines is 1. The van der Waals surface area contributed by atoms with Gasteiger partial charge in [-0.3, -0.25) is 0 Å². The lowest BCUT2D eigenvalue weighted by molar-refractivity contribution is 0.136. The van der Waals surface area contributed by atoms with Crippen LogP contribution in [-0.4, -0.2) is 22.6 Å². The van der Waals surface area contributed by atoms with Gasteiger partial charge in [0.05, 0.1) is 5.52 Å². The molecule has 0 N–H and O–H groups in total. The van der Waals surface area contributed by atoms with E-state index in [1.165, 1.54) is 24.6 Å². The molecule has 3 heteroatoms. The Kier molecular flexibility index (Phi) is 2.60. The van der Waals surface area contributed by atoms with Gasteiger partial charge in [0.25, 0.3) is 0 Å². The minimum atomic E-state index is 0.429. The van der Waals surface area contributed by atoms with Crippen molar-refractivity contribution in [1.82, 2.24) is 9.97 Å². The third-order valence-corrected chi connectivity index (χ3v) is 5.21. The largest absolute Gasteiger partial charge is 0.352 e. The summed E-state index contributed by atoms with van der Waals surface area (Å²) >= 11 is 0. The van der Waals surface area contributed by atoms with Crippen LogP contribution in [0.15, 0.2) is 30.6 Å². The van der Waals surface area contributed by atoms with E-state index < -0.39 is 0 Å². The molecular weight excluding hydrogens is 258 g/mol. The van der Waals surface area contributed by atoms with E-state index in [2.05, 4.69) is 53.8 Å². The summed E-state index contributed by atoms with van der Waals surface area (Å²) in [5, 5.41) is 1.19. The molecule has 2 fully saturated rings. The first-order valence-electron chi connectivity index (χ1n) is 7.92. The lowest BCUT2D eigenvalue weighted by Crippen LogP contribution is -2.35. The van der Waals surface area contributed by atoms with Crippen LogP contribution in [-0.2, 0) is 0 Å². The first-order chi connectivity index (χ1) is 9.96. The molecule has 110 valence electrons. The molecule has 4 rings (SSSR count). The van der Waals surface area contributed by atoms with Gasteiger partial charge in [0.1, 0.15) is 12.1 Å². The van der Waals surface area contributed by atoms with Crippen LogP contribution in [0.4, 0.5) is 5.82 Å². The number of fused-ring (bicyclic) bond motifs is 3. The molecule has 1 aliphatic carbocycles. The molecule has 21 heavy (non-hydrogen) atoms. The molecule has 1 saturated heterocycles. The fraction of sp³-hybridized carbons (Fsp3) is 0.556. The van der Waals surface area contributed by atoms with Crippen molar-refractivity contribution in [3.05, 3.63) is 30.6 Å². The molecule has 2 aromatic rings. The number of para-hydroxylation sites is 1. The Balaban J connectivity index is 1.80. The van der Waals surface area contributed by atoms with Crippen LogP contribution in [0.5, 0.6) is 0 Å². The maximum absolute atomic E-state index is 4.64. The topological polar surface area (TPSA) is 29.0 Å². The third kappa shape index (κ3) is 2.10. The monoisotopic (exact) mass is 281 g/mol. The van der Waals surface area contributed by atoms with Gasteiger partial charge in [-0.1, -0.05) is 32.9 Å². The number of rotatable bonds is 1. The van der Waals surface area contributed by atoms with Crippen molar-refractivity contribution in [2.24, 2.45) is 10.8 Å². The highest BCUT2D eigenvalue weighted by molar-refractivity contribution is 5.89. The van der Waals surface area contributed by atoms with E-state index in [1.807, 2.05) is 6.07 Å². The summed E-state index contributed by atoms with van der Waals surface area (Å²) in [5.74, 6) is 1.13. The summed E-state index contributed by atoms with van der Waals surface area (Å²) in [4.78, 5) is 11.6. The molecule has 1 aromatic carbocycles. The molecule has 0 unspecified atom stereocenters. The maximum atomic E-state index is 4.64. The third-order valence-electron chi connectivity index (χ3n) is 5.21. The van der Waals surface area contributed by atoms with Gasteiger partial charge in [0.2, 0.25) is 0 Å². The Hall–Kier alpha value is -1.64. The molecule has 0 spiro atoms. The van der Waals surface area contributed by atoms with Gasteiger partial charge in [-0.05, 0) is 42.2 Å². The zero-order chi connectivity index (χ0) is 14.7. The Morgan fingerprint density at radius 3 is 2.76 bits per heavy atom. The summed E-state index contributed by atoms with van der Waals surface area (Å²) in [6.07, 6.45) is 5.60. The highest BCUT2D eigenvalue weighted by Crippen LogP contribution is 2.53. The van der Waals surface area contributed by atoms with E-state index in [4.69, 9.17) is 0 Å². The van der Waals surface area contributed by atoms with E-state index in [0.717, 1.165) is 17.9 Å². The van der Waals surface area contributed by atoms with Crippen LogP contribution in [0.1, 0.15) is 40.0 Å². The number of hydrogen-bond donors (Lipinski definition) is 0. The summed E-state index contributed by atoms with van der Waals surface area (Å²) in [6.45, 7) is 8.41. The summed E-state index contributed by atoms with van der Waals surface area (Å²) in [7, 11) is 0. The average molecular weight is 281 g/mol. The maximum Gasteiger partial charge on any atom is 0.140 e. The quantitative estimate of drug-likeness (QED) is 0.790. The van der Waals surface area contributed by atoms with Gasteiger partial charge >= 0.3 is 0 Å². The highest BCUT2D eigenvalue weighted by atomic mass is 15.3. The van der Waals surface area contributed by atoms with Crippen LogP contribution in [0.25, 0.3) is 10.9 Å². The minimum absolute atomic E-state index is 0.429. The van der Waals surface area contributed by atoms with Crippen LogP contribution in [0.3, 0.4) is 0 Å². The number of hydrogen-bond acceptors (Lipinski definition) is 3. The van der Waals surface area contributed by atoms with Crippen molar-refractivity contribution in [3.8, 4) is 0 Å². The lowest BCUT2D eigenvalue weighted by Gasteiger charge is -2.39. The number of aromatic nitrogens is 2. The van der Waals surface area contributed by atoms with Crippen molar-refractivity contribution in [1.29, 1.82) is 0 Å². The van der Waals surface area contributed by atoms with Crippen LogP contribution in [0.2, 0.25) is 0 Å². The van der Waals surface area contributed by atoms with Gasteiger partial charge in [-0.25, -0.2) is 9.97 Å². The Morgan fingerprint density at radius 2 is 1.90 bits per heavy atom. The van der Waals surface area contributed by atoms with E-state index in [9.17, 15) is 0 Å². The second-order valence-corrected chi connectivity index (χ2v) is 8.06. The number of nitrogens with zero attached hydrogens (tertiary/aromatic N) is 3. The van der Waals surface area contributed by atoms with E-state index in [0.29, 0.717) is 16.9 Å². The van der Waals surface area contributed by atoms with Crippen molar-refractivity contribution >= 4 is 16.7 Å². The van der Waals surface area contributed by atoms with Crippen molar-refractivity contribution in [2.75, 3.05) is 11.4 Å². The van der Waals surface area contributed by atoms with Crippen molar-refractivity contribution in [2.45, 2.75) is 46.1 Å². The van der Waals surface area contributed by atoms with Gasteiger partial charge < -0.3 is 4.90 Å². The lowest BCUT2D eigenvalue weighted by atomic mass is 9.65.